The fraction of sp³-hybridized carbons (Fsp3) is 0.269. The van der Waals surface area contributed by atoms with Crippen LogP contribution >= 0.6 is 23.2 Å². The van der Waals surface area contributed by atoms with Crippen LogP contribution < -0.4 is 14.7 Å². The van der Waals surface area contributed by atoms with E-state index in [1.165, 1.54) is 4.31 Å². The summed E-state index contributed by atoms with van der Waals surface area (Å²) in [7, 11) is -1.93. The van der Waals surface area contributed by atoms with Crippen molar-refractivity contribution in [2.45, 2.75) is 11.3 Å². The number of amides is 2. The highest BCUT2D eigenvalue weighted by Crippen LogP contribution is 2.33. The molecule has 7 nitrogen and oxygen atoms in total. The predicted molar refractivity (Wildman–Crippen MR) is 145 cm³/mol. The lowest BCUT2D eigenvalue weighted by Gasteiger charge is -2.35. The molecule has 0 saturated carbocycles. The van der Waals surface area contributed by atoms with Crippen LogP contribution in [0.25, 0.3) is 0 Å². The van der Waals surface area contributed by atoms with Crippen molar-refractivity contribution in [1.29, 1.82) is 0 Å². The summed E-state index contributed by atoms with van der Waals surface area (Å²) in [4.78, 5) is 18.8. The van der Waals surface area contributed by atoms with Gasteiger partial charge in [-0.2, -0.15) is 4.31 Å². The van der Waals surface area contributed by atoms with Crippen LogP contribution in [0.2, 0.25) is 10.0 Å². The van der Waals surface area contributed by atoms with Gasteiger partial charge in [-0.05, 0) is 72.6 Å². The summed E-state index contributed by atoms with van der Waals surface area (Å²) in [6.45, 7) is 2.45. The van der Waals surface area contributed by atoms with Gasteiger partial charge in [-0.3, -0.25) is 9.80 Å². The van der Waals surface area contributed by atoms with Gasteiger partial charge in [0.15, 0.2) is 0 Å². The Kier molecular flexibility index (Phi) is 6.87. The fourth-order valence-electron chi connectivity index (χ4n) is 4.70. The highest BCUT2D eigenvalue weighted by atomic mass is 35.5. The van der Waals surface area contributed by atoms with Gasteiger partial charge in [-0.1, -0.05) is 29.3 Å². The van der Waals surface area contributed by atoms with Crippen LogP contribution in [0, 0.1) is 0 Å². The second-order valence-electron chi connectivity index (χ2n) is 8.88. The van der Waals surface area contributed by atoms with Crippen molar-refractivity contribution >= 4 is 56.3 Å². The number of sulfonamides is 1. The molecule has 2 aliphatic heterocycles. The predicted octanol–water partition coefficient (Wildman–Crippen LogP) is 5.12. The van der Waals surface area contributed by atoms with E-state index in [2.05, 4.69) is 4.90 Å². The molecule has 2 amide bonds. The molecule has 0 aromatic heterocycles. The summed E-state index contributed by atoms with van der Waals surface area (Å²) in [5, 5.41) is 1.26. The number of piperazine rings is 1. The molecule has 2 aliphatic rings. The Labute approximate surface area is 221 Å². The molecule has 0 atom stereocenters. The van der Waals surface area contributed by atoms with Gasteiger partial charge in [0.05, 0.1) is 4.90 Å². The second-order valence-corrected chi connectivity index (χ2v) is 11.7. The molecule has 0 spiro atoms. The van der Waals surface area contributed by atoms with Gasteiger partial charge in [0.25, 0.3) is 0 Å². The van der Waals surface area contributed by atoms with Gasteiger partial charge in [0.1, 0.15) is 0 Å². The van der Waals surface area contributed by atoms with Crippen LogP contribution in [0.1, 0.15) is 5.56 Å². The van der Waals surface area contributed by atoms with Gasteiger partial charge in [-0.25, -0.2) is 13.2 Å². The topological polar surface area (TPSA) is 64.2 Å². The molecule has 2 heterocycles. The van der Waals surface area contributed by atoms with Gasteiger partial charge in [0, 0.05) is 66.9 Å². The van der Waals surface area contributed by atoms with E-state index in [-0.39, 0.29) is 10.9 Å². The number of hydrogen-bond acceptors (Lipinski definition) is 4. The number of rotatable bonds is 4. The molecule has 10 heteroatoms. The third kappa shape index (κ3) is 4.78. The van der Waals surface area contributed by atoms with Gasteiger partial charge >= 0.3 is 6.03 Å². The fourth-order valence-corrected chi connectivity index (χ4v) is 6.49. The Balaban J connectivity index is 1.29. The molecule has 36 heavy (non-hydrogen) atoms. The zero-order valence-electron chi connectivity index (χ0n) is 19.8. The zero-order valence-corrected chi connectivity index (χ0v) is 22.1. The SMILES string of the molecule is CN(C(=O)N1CCc2cc(S(=O)(=O)N3CCN(c4cccc(Cl)c4)CC3)ccc21)c1ccc(Cl)cc1. The van der Waals surface area contributed by atoms with Crippen LogP contribution in [0.5, 0.6) is 0 Å². The standard InChI is InChI=1S/C26H26Cl2N4O3S/c1-29(22-7-5-20(27)6-8-22)26(33)32-12-11-19-17-24(9-10-25(19)32)36(34,35)31-15-13-30(14-16-31)23-4-2-3-21(28)18-23/h2-10,17-18H,11-16H2,1H3. The minimum Gasteiger partial charge on any atom is -0.369 e. The van der Waals surface area contributed by atoms with Crippen molar-refractivity contribution in [3.8, 4) is 0 Å². The minimum atomic E-state index is -3.64. The third-order valence-electron chi connectivity index (χ3n) is 6.73. The van der Waals surface area contributed by atoms with Crippen molar-refractivity contribution in [2.75, 3.05) is 54.5 Å². The first-order valence-corrected chi connectivity index (χ1v) is 13.9. The molecule has 188 valence electrons. The van der Waals surface area contributed by atoms with E-state index in [1.54, 1.807) is 59.3 Å². The molecule has 0 N–H and O–H groups in total. The van der Waals surface area contributed by atoms with Crippen LogP contribution in [0.15, 0.2) is 71.6 Å². The molecule has 0 aliphatic carbocycles. The van der Waals surface area contributed by atoms with E-state index in [9.17, 15) is 13.2 Å². The van der Waals surface area contributed by atoms with E-state index in [4.69, 9.17) is 23.2 Å². The molecule has 0 unspecified atom stereocenters. The Morgan fingerprint density at radius 2 is 1.58 bits per heavy atom. The molecule has 3 aromatic rings. The number of urea groups is 1. The Morgan fingerprint density at radius 1 is 0.861 bits per heavy atom. The molecule has 1 fully saturated rings. The molecular weight excluding hydrogens is 519 g/mol. The molecule has 1 saturated heterocycles. The van der Waals surface area contributed by atoms with Crippen LogP contribution in [-0.2, 0) is 16.4 Å². The third-order valence-corrected chi connectivity index (χ3v) is 9.11. The summed E-state index contributed by atoms with van der Waals surface area (Å²) < 4.78 is 28.3. The van der Waals surface area contributed by atoms with Crippen molar-refractivity contribution in [3.63, 3.8) is 0 Å². The molecule has 5 rings (SSSR count). The Hall–Kier alpha value is -2.78. The Bertz CT molecular complexity index is 1390. The average Bonchev–Trinajstić information content (AvgIpc) is 3.32. The maximum absolute atomic E-state index is 13.4. The van der Waals surface area contributed by atoms with E-state index < -0.39 is 10.0 Å². The van der Waals surface area contributed by atoms with E-state index in [0.717, 1.165) is 22.6 Å². The van der Waals surface area contributed by atoms with Crippen molar-refractivity contribution in [3.05, 3.63) is 82.3 Å². The van der Waals surface area contributed by atoms with Crippen LogP contribution in [-0.4, -0.2) is 58.5 Å². The Morgan fingerprint density at radius 3 is 2.28 bits per heavy atom. The van der Waals surface area contributed by atoms with Gasteiger partial charge < -0.3 is 4.90 Å². The molecular formula is C26H26Cl2N4O3S. The largest absolute Gasteiger partial charge is 0.369 e. The summed E-state index contributed by atoms with van der Waals surface area (Å²) in [5.41, 5.74) is 3.32. The smallest absolute Gasteiger partial charge is 0.328 e. The number of nitrogens with zero attached hydrogens (tertiary/aromatic N) is 4. The van der Waals surface area contributed by atoms with E-state index in [1.807, 2.05) is 24.3 Å². The number of fused-ring (bicyclic) bond motifs is 1. The van der Waals surface area contributed by atoms with E-state index >= 15 is 0 Å². The summed E-state index contributed by atoms with van der Waals surface area (Å²) in [6.07, 6.45) is 0.599. The number of anilines is 3. The summed E-state index contributed by atoms with van der Waals surface area (Å²) >= 11 is 12.1. The van der Waals surface area contributed by atoms with Gasteiger partial charge in [-0.15, -0.1) is 0 Å². The number of carbonyl (C=O) groups excluding carboxylic acids is 1. The monoisotopic (exact) mass is 544 g/mol. The lowest BCUT2D eigenvalue weighted by atomic mass is 10.2. The van der Waals surface area contributed by atoms with Crippen LogP contribution in [0.4, 0.5) is 21.9 Å². The first-order chi connectivity index (χ1) is 17.2. The summed E-state index contributed by atoms with van der Waals surface area (Å²) in [6, 6.07) is 19.5. The first kappa shape index (κ1) is 24.9. The van der Waals surface area contributed by atoms with E-state index in [0.29, 0.717) is 49.2 Å². The number of hydrogen-bond donors (Lipinski definition) is 0. The first-order valence-electron chi connectivity index (χ1n) is 11.7. The maximum atomic E-state index is 13.4. The second kappa shape index (κ2) is 9.94. The average molecular weight is 545 g/mol. The zero-order chi connectivity index (χ0) is 25.4. The lowest BCUT2D eigenvalue weighted by molar-refractivity contribution is 0.253. The van der Waals surface area contributed by atoms with Gasteiger partial charge in [0.2, 0.25) is 10.0 Å². The number of carbonyl (C=O) groups is 1. The lowest BCUT2D eigenvalue weighted by Crippen LogP contribution is -2.48. The number of benzene rings is 3. The maximum Gasteiger partial charge on any atom is 0.328 e. The molecule has 0 bridgehead atoms. The minimum absolute atomic E-state index is 0.177. The highest BCUT2D eigenvalue weighted by Gasteiger charge is 2.32. The van der Waals surface area contributed by atoms with Crippen molar-refractivity contribution in [2.24, 2.45) is 0 Å². The van der Waals surface area contributed by atoms with Crippen LogP contribution in [0.3, 0.4) is 0 Å². The quantitative estimate of drug-likeness (QED) is 0.457. The van der Waals surface area contributed by atoms with Crippen molar-refractivity contribution < 1.29 is 13.2 Å². The summed E-state index contributed by atoms with van der Waals surface area (Å²) in [5.74, 6) is 0. The highest BCUT2D eigenvalue weighted by molar-refractivity contribution is 7.89. The molecule has 3 aromatic carbocycles. The molecule has 0 radical (unpaired) electrons. The van der Waals surface area contributed by atoms with Crippen molar-refractivity contribution in [1.82, 2.24) is 4.31 Å². The number of halogens is 2. The normalized spacial score (nSPS) is 16.2.